The lowest BCUT2D eigenvalue weighted by Gasteiger charge is -2.07. The van der Waals surface area contributed by atoms with E-state index in [1.807, 2.05) is 0 Å². The number of hydrogen-bond donors (Lipinski definition) is 2. The average molecular weight is 343 g/mol. The Morgan fingerprint density at radius 1 is 0.958 bits per heavy atom. The summed E-state index contributed by atoms with van der Waals surface area (Å²) in [6.07, 6.45) is 16.4. The summed E-state index contributed by atoms with van der Waals surface area (Å²) in [5.74, 6) is -0.318. The molecule has 0 aliphatic heterocycles. The van der Waals surface area contributed by atoms with Crippen molar-refractivity contribution in [2.75, 3.05) is 0 Å². The number of rotatable bonds is 16. The van der Waals surface area contributed by atoms with Gasteiger partial charge in [0.15, 0.2) is 6.29 Å². The molecule has 0 radical (unpaired) electrons. The van der Waals surface area contributed by atoms with Gasteiger partial charge < -0.3 is 14.9 Å². The predicted molar refractivity (Wildman–Crippen MR) is 98.6 cm³/mol. The molecule has 142 valence electrons. The molecule has 0 aromatic carbocycles. The molecular weight excluding hydrogens is 304 g/mol. The standard InChI is InChI=1S/C20H38O4/c1-3-4-5-12-15-19(22)16-13-10-8-6-7-9-11-14-17-20(23)24-18(2)21/h10,13,18-19,21-22H,3-9,11-12,14-17H2,1-2H3/b13-10-. The van der Waals surface area contributed by atoms with Gasteiger partial charge in [0.25, 0.3) is 0 Å². The van der Waals surface area contributed by atoms with Crippen LogP contribution in [0, 0.1) is 0 Å². The zero-order chi connectivity index (χ0) is 18.0. The number of aliphatic hydroxyl groups is 2. The van der Waals surface area contributed by atoms with Crippen LogP contribution in [0.25, 0.3) is 0 Å². The molecule has 0 bridgehead atoms. The lowest BCUT2D eigenvalue weighted by atomic mass is 10.1. The summed E-state index contributed by atoms with van der Waals surface area (Å²) in [5, 5.41) is 18.7. The number of esters is 1. The zero-order valence-electron chi connectivity index (χ0n) is 15.7. The second-order valence-corrected chi connectivity index (χ2v) is 6.61. The third-order valence-corrected chi connectivity index (χ3v) is 4.02. The van der Waals surface area contributed by atoms with E-state index >= 15 is 0 Å². The molecule has 0 rings (SSSR count). The summed E-state index contributed by atoms with van der Waals surface area (Å²) in [5.41, 5.74) is 0. The van der Waals surface area contributed by atoms with Crippen LogP contribution in [0.3, 0.4) is 0 Å². The quantitative estimate of drug-likeness (QED) is 0.182. The van der Waals surface area contributed by atoms with Crippen LogP contribution in [0.15, 0.2) is 12.2 Å². The Hall–Kier alpha value is -0.870. The summed E-state index contributed by atoms with van der Waals surface area (Å²) in [4.78, 5) is 11.2. The van der Waals surface area contributed by atoms with Gasteiger partial charge in [0, 0.05) is 6.42 Å². The third-order valence-electron chi connectivity index (χ3n) is 4.02. The first-order chi connectivity index (χ1) is 11.6. The highest BCUT2D eigenvalue weighted by atomic mass is 16.6. The molecule has 0 fully saturated rings. The maximum Gasteiger partial charge on any atom is 0.308 e. The fourth-order valence-electron chi connectivity index (χ4n) is 2.61. The molecule has 2 N–H and O–H groups in total. The number of carbonyl (C=O) groups excluding carboxylic acids is 1. The van der Waals surface area contributed by atoms with Gasteiger partial charge in [0.05, 0.1) is 6.10 Å². The maximum absolute atomic E-state index is 11.2. The van der Waals surface area contributed by atoms with Gasteiger partial charge in [-0.3, -0.25) is 4.79 Å². The van der Waals surface area contributed by atoms with Gasteiger partial charge in [-0.25, -0.2) is 0 Å². The van der Waals surface area contributed by atoms with E-state index in [0.29, 0.717) is 6.42 Å². The maximum atomic E-state index is 11.2. The first-order valence-electron chi connectivity index (χ1n) is 9.76. The van der Waals surface area contributed by atoms with E-state index in [1.165, 1.54) is 26.2 Å². The Kier molecular flexibility index (Phi) is 16.4. The molecule has 0 saturated heterocycles. The Bertz CT molecular complexity index is 313. The van der Waals surface area contributed by atoms with Crippen molar-refractivity contribution in [2.45, 2.75) is 110 Å². The molecule has 2 unspecified atom stereocenters. The van der Waals surface area contributed by atoms with E-state index in [4.69, 9.17) is 5.11 Å². The molecule has 4 nitrogen and oxygen atoms in total. The van der Waals surface area contributed by atoms with Crippen molar-refractivity contribution in [3.63, 3.8) is 0 Å². The molecule has 0 amide bonds. The molecule has 0 aromatic heterocycles. The van der Waals surface area contributed by atoms with E-state index < -0.39 is 6.29 Å². The van der Waals surface area contributed by atoms with Gasteiger partial charge in [-0.2, -0.15) is 0 Å². The van der Waals surface area contributed by atoms with E-state index in [9.17, 15) is 9.90 Å². The van der Waals surface area contributed by atoms with Crippen LogP contribution in [0.1, 0.15) is 97.3 Å². The number of aliphatic hydroxyl groups excluding tert-OH is 2. The Morgan fingerprint density at radius 3 is 2.33 bits per heavy atom. The fraction of sp³-hybridized carbons (Fsp3) is 0.850. The van der Waals surface area contributed by atoms with E-state index in [-0.39, 0.29) is 12.1 Å². The molecule has 4 heteroatoms. The predicted octanol–water partition coefficient (Wildman–Crippen LogP) is 4.88. The van der Waals surface area contributed by atoms with Crippen molar-refractivity contribution in [3.8, 4) is 0 Å². The molecule has 0 aliphatic rings. The molecule has 24 heavy (non-hydrogen) atoms. The van der Waals surface area contributed by atoms with Gasteiger partial charge in [0.2, 0.25) is 0 Å². The lowest BCUT2D eigenvalue weighted by molar-refractivity contribution is -0.164. The van der Waals surface area contributed by atoms with Gasteiger partial charge >= 0.3 is 5.97 Å². The summed E-state index contributed by atoms with van der Waals surface area (Å²) in [6.45, 7) is 3.64. The molecule has 0 aromatic rings. The molecule has 0 aliphatic carbocycles. The molecular formula is C20H38O4. The van der Waals surface area contributed by atoms with Crippen molar-refractivity contribution >= 4 is 5.97 Å². The lowest BCUT2D eigenvalue weighted by Crippen LogP contribution is -2.13. The smallest absolute Gasteiger partial charge is 0.308 e. The van der Waals surface area contributed by atoms with E-state index in [1.54, 1.807) is 0 Å². The largest absolute Gasteiger partial charge is 0.436 e. The average Bonchev–Trinajstić information content (AvgIpc) is 2.52. The minimum absolute atomic E-state index is 0.181. The van der Waals surface area contributed by atoms with Gasteiger partial charge in [-0.15, -0.1) is 0 Å². The molecule has 2 atom stereocenters. The summed E-state index contributed by atoms with van der Waals surface area (Å²) in [7, 11) is 0. The Morgan fingerprint density at radius 2 is 1.62 bits per heavy atom. The van der Waals surface area contributed by atoms with Crippen LogP contribution in [0.2, 0.25) is 0 Å². The normalized spacial score (nSPS) is 14.0. The van der Waals surface area contributed by atoms with Crippen LogP contribution in [-0.4, -0.2) is 28.6 Å². The molecule has 0 spiro atoms. The van der Waals surface area contributed by atoms with Crippen LogP contribution < -0.4 is 0 Å². The topological polar surface area (TPSA) is 66.8 Å². The third kappa shape index (κ3) is 17.5. The second kappa shape index (κ2) is 17.0. The van der Waals surface area contributed by atoms with Crippen molar-refractivity contribution in [1.29, 1.82) is 0 Å². The molecule has 0 saturated carbocycles. The Balaban J connectivity index is 3.33. The number of carbonyl (C=O) groups is 1. The van der Waals surface area contributed by atoms with E-state index in [0.717, 1.165) is 57.8 Å². The first-order valence-corrected chi connectivity index (χ1v) is 9.76. The molecule has 0 heterocycles. The summed E-state index contributed by atoms with van der Waals surface area (Å²) >= 11 is 0. The van der Waals surface area contributed by atoms with Crippen molar-refractivity contribution in [2.24, 2.45) is 0 Å². The van der Waals surface area contributed by atoms with Gasteiger partial charge in [0.1, 0.15) is 0 Å². The van der Waals surface area contributed by atoms with Crippen LogP contribution >= 0.6 is 0 Å². The Labute approximate surface area is 148 Å². The number of ether oxygens (including phenoxy) is 1. The van der Waals surface area contributed by atoms with Crippen molar-refractivity contribution < 1.29 is 19.7 Å². The van der Waals surface area contributed by atoms with Crippen molar-refractivity contribution in [3.05, 3.63) is 12.2 Å². The number of hydrogen-bond acceptors (Lipinski definition) is 4. The monoisotopic (exact) mass is 342 g/mol. The zero-order valence-corrected chi connectivity index (χ0v) is 15.7. The second-order valence-electron chi connectivity index (χ2n) is 6.61. The minimum Gasteiger partial charge on any atom is -0.436 e. The highest BCUT2D eigenvalue weighted by molar-refractivity contribution is 5.69. The van der Waals surface area contributed by atoms with Crippen molar-refractivity contribution in [1.82, 2.24) is 0 Å². The van der Waals surface area contributed by atoms with Crippen LogP contribution in [0.5, 0.6) is 0 Å². The van der Waals surface area contributed by atoms with Gasteiger partial charge in [-0.05, 0) is 39.0 Å². The summed E-state index contributed by atoms with van der Waals surface area (Å²) in [6, 6.07) is 0. The number of unbranched alkanes of at least 4 members (excludes halogenated alkanes) is 8. The van der Waals surface area contributed by atoms with Crippen LogP contribution in [-0.2, 0) is 9.53 Å². The fourth-order valence-corrected chi connectivity index (χ4v) is 2.61. The van der Waals surface area contributed by atoms with Gasteiger partial charge in [-0.1, -0.05) is 64.0 Å². The number of allylic oxidation sites excluding steroid dienone is 1. The SMILES string of the molecule is CCCCCCC(O)C/C=C\CCCCCCCC(=O)OC(C)O. The van der Waals surface area contributed by atoms with Crippen LogP contribution in [0.4, 0.5) is 0 Å². The highest BCUT2D eigenvalue weighted by Crippen LogP contribution is 2.10. The summed E-state index contributed by atoms with van der Waals surface area (Å²) < 4.78 is 4.67. The minimum atomic E-state index is -1.00. The highest BCUT2D eigenvalue weighted by Gasteiger charge is 2.05. The van der Waals surface area contributed by atoms with E-state index in [2.05, 4.69) is 23.8 Å². The first kappa shape index (κ1) is 23.1.